The van der Waals surface area contributed by atoms with Crippen LogP contribution in [-0.2, 0) is 21.2 Å². The van der Waals surface area contributed by atoms with Crippen molar-refractivity contribution in [3.05, 3.63) is 53.4 Å². The molecular weight excluding hydrogens is 364 g/mol. The monoisotopic (exact) mass is 380 g/mol. The van der Waals surface area contributed by atoms with E-state index < -0.39 is 15.9 Å². The maximum absolute atomic E-state index is 12.8. The van der Waals surface area contributed by atoms with Crippen LogP contribution in [0.5, 0.6) is 0 Å². The molecule has 0 spiro atoms. The number of hydrogen-bond acceptors (Lipinski definition) is 5. The molecule has 3 heterocycles. The lowest BCUT2D eigenvalue weighted by atomic mass is 10.0. The maximum Gasteiger partial charge on any atom is 0.241 e. The number of nitrogens with zero attached hydrogens (tertiary/aromatic N) is 2. The van der Waals surface area contributed by atoms with E-state index in [1.54, 1.807) is 41.5 Å². The summed E-state index contributed by atoms with van der Waals surface area (Å²) in [4.78, 5) is 16.3. The molecule has 25 heavy (non-hydrogen) atoms. The number of hydrogen-bond donors (Lipinski definition) is 0. The Bertz CT molecular complexity index is 880. The van der Waals surface area contributed by atoms with Gasteiger partial charge in [-0.15, -0.1) is 0 Å². The molecule has 2 atom stereocenters. The molecule has 2 saturated heterocycles. The number of benzene rings is 1. The number of rotatable bonds is 3. The fourth-order valence-electron chi connectivity index (χ4n) is 3.67. The van der Waals surface area contributed by atoms with Crippen LogP contribution in [0.2, 0.25) is 5.02 Å². The average molecular weight is 381 g/mol. The van der Waals surface area contributed by atoms with E-state index in [0.29, 0.717) is 17.3 Å². The molecule has 0 bridgehead atoms. The molecule has 0 N–H and O–H groups in total. The quantitative estimate of drug-likeness (QED) is 0.813. The van der Waals surface area contributed by atoms with Crippen molar-refractivity contribution in [2.75, 3.05) is 23.0 Å². The topological polar surface area (TPSA) is 70.8 Å². The van der Waals surface area contributed by atoms with Crippen LogP contribution >= 0.6 is 11.6 Å². The SMILES string of the molecule is O=C1CN(Cc2ccco2)[C@H]2CS(=O)(=O)C[C@@H]2N1c1ccc(Cl)cc1. The molecule has 1 aromatic carbocycles. The van der Waals surface area contributed by atoms with E-state index in [2.05, 4.69) is 0 Å². The van der Waals surface area contributed by atoms with Gasteiger partial charge in [0.25, 0.3) is 0 Å². The summed E-state index contributed by atoms with van der Waals surface area (Å²) in [5.74, 6) is 0.624. The Kier molecular flexibility index (Phi) is 4.10. The molecule has 2 aromatic rings. The van der Waals surface area contributed by atoms with Gasteiger partial charge in [0.1, 0.15) is 5.76 Å². The molecule has 0 radical (unpaired) electrons. The van der Waals surface area contributed by atoms with E-state index in [1.807, 2.05) is 11.0 Å². The van der Waals surface area contributed by atoms with Gasteiger partial charge in [-0.1, -0.05) is 11.6 Å². The van der Waals surface area contributed by atoms with Gasteiger partial charge in [0.15, 0.2) is 9.84 Å². The Labute approximate surface area is 150 Å². The molecule has 4 rings (SSSR count). The first-order valence-electron chi connectivity index (χ1n) is 7.97. The van der Waals surface area contributed by atoms with E-state index in [0.717, 1.165) is 5.76 Å². The molecule has 2 fully saturated rings. The van der Waals surface area contributed by atoms with Crippen molar-refractivity contribution in [1.82, 2.24) is 4.90 Å². The van der Waals surface area contributed by atoms with Gasteiger partial charge in [-0.25, -0.2) is 8.42 Å². The Balaban J connectivity index is 1.68. The summed E-state index contributed by atoms with van der Waals surface area (Å²) in [7, 11) is -3.21. The van der Waals surface area contributed by atoms with Crippen LogP contribution in [0.3, 0.4) is 0 Å². The van der Waals surface area contributed by atoms with Crippen molar-refractivity contribution in [2.24, 2.45) is 0 Å². The van der Waals surface area contributed by atoms with Crippen molar-refractivity contribution in [1.29, 1.82) is 0 Å². The van der Waals surface area contributed by atoms with Crippen LogP contribution in [0.4, 0.5) is 5.69 Å². The Hall–Kier alpha value is -1.83. The lowest BCUT2D eigenvalue weighted by molar-refractivity contribution is -0.123. The standard InChI is InChI=1S/C17H17ClN2O4S/c18-12-3-5-13(6-4-12)20-16-11-25(22,23)10-15(16)19(9-17(20)21)8-14-2-1-7-24-14/h1-7,15-16H,8-11H2/t15-,16-/m0/s1. The number of amides is 1. The fraction of sp³-hybridized carbons (Fsp3) is 0.353. The molecular formula is C17H17ClN2O4S. The van der Waals surface area contributed by atoms with Gasteiger partial charge in [0.2, 0.25) is 5.91 Å². The second-order valence-corrected chi connectivity index (χ2v) is 9.03. The lowest BCUT2D eigenvalue weighted by Crippen LogP contribution is -2.61. The summed E-state index contributed by atoms with van der Waals surface area (Å²) < 4.78 is 29.9. The van der Waals surface area contributed by atoms with Crippen molar-refractivity contribution in [2.45, 2.75) is 18.6 Å². The minimum Gasteiger partial charge on any atom is -0.468 e. The molecule has 6 nitrogen and oxygen atoms in total. The number of carbonyl (C=O) groups excluding carboxylic acids is 1. The zero-order valence-electron chi connectivity index (χ0n) is 13.3. The second kappa shape index (κ2) is 6.16. The zero-order chi connectivity index (χ0) is 17.6. The first kappa shape index (κ1) is 16.6. The van der Waals surface area contributed by atoms with E-state index in [-0.39, 0.29) is 30.0 Å². The highest BCUT2D eigenvalue weighted by Crippen LogP contribution is 2.32. The predicted molar refractivity (Wildman–Crippen MR) is 94.3 cm³/mol. The van der Waals surface area contributed by atoms with Crippen molar-refractivity contribution < 1.29 is 17.6 Å². The summed E-state index contributed by atoms with van der Waals surface area (Å²) in [6.07, 6.45) is 1.57. The Morgan fingerprint density at radius 2 is 1.84 bits per heavy atom. The highest BCUT2D eigenvalue weighted by atomic mass is 35.5. The van der Waals surface area contributed by atoms with Crippen molar-refractivity contribution in [3.8, 4) is 0 Å². The number of furan rings is 1. The van der Waals surface area contributed by atoms with E-state index in [4.69, 9.17) is 16.0 Å². The van der Waals surface area contributed by atoms with Gasteiger partial charge in [-0.3, -0.25) is 9.69 Å². The van der Waals surface area contributed by atoms with Crippen LogP contribution < -0.4 is 4.90 Å². The van der Waals surface area contributed by atoms with Gasteiger partial charge >= 0.3 is 0 Å². The molecule has 132 valence electrons. The summed E-state index contributed by atoms with van der Waals surface area (Å²) in [5, 5.41) is 0.572. The fourth-order valence-corrected chi connectivity index (χ4v) is 5.78. The first-order valence-corrected chi connectivity index (χ1v) is 10.2. The maximum atomic E-state index is 12.8. The third-order valence-corrected chi connectivity index (χ3v) is 6.70. The molecule has 0 aliphatic carbocycles. The predicted octanol–water partition coefficient (Wildman–Crippen LogP) is 1.95. The number of carbonyl (C=O) groups is 1. The number of halogens is 1. The third-order valence-electron chi connectivity index (χ3n) is 4.75. The number of anilines is 1. The highest BCUT2D eigenvalue weighted by Gasteiger charge is 2.49. The zero-order valence-corrected chi connectivity index (χ0v) is 14.9. The van der Waals surface area contributed by atoms with Crippen LogP contribution in [0, 0.1) is 0 Å². The largest absolute Gasteiger partial charge is 0.468 e. The lowest BCUT2D eigenvalue weighted by Gasteiger charge is -2.43. The second-order valence-electron chi connectivity index (χ2n) is 6.44. The minimum atomic E-state index is -3.21. The summed E-state index contributed by atoms with van der Waals surface area (Å²) in [6.45, 7) is 0.573. The van der Waals surface area contributed by atoms with E-state index >= 15 is 0 Å². The molecule has 1 aromatic heterocycles. The average Bonchev–Trinajstić information content (AvgIpc) is 3.16. The number of sulfone groups is 1. The Morgan fingerprint density at radius 1 is 1.12 bits per heavy atom. The third kappa shape index (κ3) is 3.19. The molecule has 2 aliphatic heterocycles. The van der Waals surface area contributed by atoms with Gasteiger partial charge in [-0.05, 0) is 36.4 Å². The summed E-state index contributed by atoms with van der Waals surface area (Å²) in [6, 6.07) is 9.88. The van der Waals surface area contributed by atoms with Gasteiger partial charge in [0.05, 0.1) is 36.9 Å². The summed E-state index contributed by atoms with van der Waals surface area (Å²) >= 11 is 5.93. The van der Waals surface area contributed by atoms with E-state index in [9.17, 15) is 13.2 Å². The number of piperazine rings is 1. The van der Waals surface area contributed by atoms with Gasteiger partial charge in [-0.2, -0.15) is 0 Å². The van der Waals surface area contributed by atoms with Gasteiger partial charge in [0, 0.05) is 16.8 Å². The smallest absolute Gasteiger partial charge is 0.241 e. The summed E-state index contributed by atoms with van der Waals surface area (Å²) in [5.41, 5.74) is 0.680. The molecule has 0 saturated carbocycles. The van der Waals surface area contributed by atoms with Crippen LogP contribution in [-0.4, -0.2) is 49.4 Å². The van der Waals surface area contributed by atoms with E-state index in [1.165, 1.54) is 0 Å². The normalized spacial score (nSPS) is 26.0. The number of fused-ring (bicyclic) bond motifs is 1. The van der Waals surface area contributed by atoms with Crippen LogP contribution in [0.15, 0.2) is 47.1 Å². The first-order chi connectivity index (χ1) is 11.9. The molecule has 0 unspecified atom stereocenters. The molecule has 2 aliphatic rings. The highest BCUT2D eigenvalue weighted by molar-refractivity contribution is 7.91. The molecule has 1 amide bonds. The molecule has 8 heteroatoms. The van der Waals surface area contributed by atoms with Crippen LogP contribution in [0.25, 0.3) is 0 Å². The van der Waals surface area contributed by atoms with Crippen molar-refractivity contribution >= 4 is 33.0 Å². The Morgan fingerprint density at radius 3 is 2.52 bits per heavy atom. The van der Waals surface area contributed by atoms with Crippen molar-refractivity contribution in [3.63, 3.8) is 0 Å². The van der Waals surface area contributed by atoms with Gasteiger partial charge < -0.3 is 9.32 Å². The minimum absolute atomic E-state index is 0.0271. The van der Waals surface area contributed by atoms with Crippen LogP contribution in [0.1, 0.15) is 5.76 Å².